The Balaban J connectivity index is 1.73. The minimum absolute atomic E-state index is 0.0683. The van der Waals surface area contributed by atoms with Crippen LogP contribution in [0.4, 0.5) is 0 Å². The van der Waals surface area contributed by atoms with Crippen molar-refractivity contribution < 1.29 is 14.3 Å². The highest BCUT2D eigenvalue weighted by Crippen LogP contribution is 2.28. The first-order chi connectivity index (χ1) is 11.3. The second kappa shape index (κ2) is 7.28. The van der Waals surface area contributed by atoms with Crippen molar-refractivity contribution in [3.05, 3.63) is 36.0 Å². The number of aromatic nitrogens is 2. The molecule has 1 aromatic heterocycles. The molecular formula is C17H21N3O3. The first kappa shape index (κ1) is 15.6. The zero-order chi connectivity index (χ0) is 16.1. The van der Waals surface area contributed by atoms with Crippen LogP contribution >= 0.6 is 0 Å². The van der Waals surface area contributed by atoms with Crippen molar-refractivity contribution >= 4 is 5.91 Å². The van der Waals surface area contributed by atoms with E-state index in [1.165, 1.54) is 0 Å². The third kappa shape index (κ3) is 3.71. The summed E-state index contributed by atoms with van der Waals surface area (Å²) in [7, 11) is 0. The average Bonchev–Trinajstić information content (AvgIpc) is 3.07. The Morgan fingerprint density at radius 2 is 2.35 bits per heavy atom. The summed E-state index contributed by atoms with van der Waals surface area (Å²) in [4.78, 5) is 12.3. The first-order valence-corrected chi connectivity index (χ1v) is 7.94. The van der Waals surface area contributed by atoms with Gasteiger partial charge in [0.1, 0.15) is 11.4 Å². The van der Waals surface area contributed by atoms with Gasteiger partial charge in [-0.2, -0.15) is 5.10 Å². The van der Waals surface area contributed by atoms with Crippen LogP contribution in [0.1, 0.15) is 30.3 Å². The van der Waals surface area contributed by atoms with Crippen molar-refractivity contribution in [3.63, 3.8) is 0 Å². The van der Waals surface area contributed by atoms with E-state index in [0.29, 0.717) is 24.6 Å². The smallest absolute Gasteiger partial charge is 0.269 e. The molecule has 3 rings (SSSR count). The standard InChI is InChI=1S/C17H21N3O3/c1-2-23-16-8-4-3-7-13(16)14-10-15(20-19-14)17(21)18-12-6-5-9-22-11-12/h3-4,7-8,10,12H,2,5-6,9,11H2,1H3,(H,18,21)(H,19,20). The van der Waals surface area contributed by atoms with Crippen LogP contribution in [-0.4, -0.2) is 42.0 Å². The lowest BCUT2D eigenvalue weighted by Crippen LogP contribution is -2.40. The Kier molecular flexibility index (Phi) is 4.92. The molecule has 122 valence electrons. The number of hydrogen-bond acceptors (Lipinski definition) is 4. The predicted molar refractivity (Wildman–Crippen MR) is 86.5 cm³/mol. The second-order valence-corrected chi connectivity index (χ2v) is 5.48. The van der Waals surface area contributed by atoms with Crippen LogP contribution in [0.2, 0.25) is 0 Å². The van der Waals surface area contributed by atoms with Gasteiger partial charge >= 0.3 is 0 Å². The Bertz CT molecular complexity index is 663. The molecule has 0 bridgehead atoms. The number of rotatable bonds is 5. The van der Waals surface area contributed by atoms with Crippen molar-refractivity contribution in [1.82, 2.24) is 15.5 Å². The summed E-state index contributed by atoms with van der Waals surface area (Å²) < 4.78 is 11.0. The fourth-order valence-electron chi connectivity index (χ4n) is 2.65. The monoisotopic (exact) mass is 315 g/mol. The number of para-hydroxylation sites is 1. The Morgan fingerprint density at radius 3 is 3.13 bits per heavy atom. The molecule has 2 heterocycles. The van der Waals surface area contributed by atoms with Crippen LogP contribution in [0.25, 0.3) is 11.3 Å². The van der Waals surface area contributed by atoms with Gasteiger partial charge in [0, 0.05) is 12.2 Å². The van der Waals surface area contributed by atoms with Crippen LogP contribution in [0.3, 0.4) is 0 Å². The molecule has 2 aromatic rings. The van der Waals surface area contributed by atoms with Crippen LogP contribution in [0.5, 0.6) is 5.75 Å². The molecule has 23 heavy (non-hydrogen) atoms. The molecule has 6 nitrogen and oxygen atoms in total. The van der Waals surface area contributed by atoms with E-state index in [0.717, 1.165) is 30.8 Å². The van der Waals surface area contributed by atoms with Crippen molar-refractivity contribution in [1.29, 1.82) is 0 Å². The maximum absolute atomic E-state index is 12.3. The summed E-state index contributed by atoms with van der Waals surface area (Å²) in [6.07, 6.45) is 1.92. The predicted octanol–water partition coefficient (Wildman–Crippen LogP) is 2.38. The van der Waals surface area contributed by atoms with Crippen LogP contribution < -0.4 is 10.1 Å². The largest absolute Gasteiger partial charge is 0.493 e. The molecule has 1 aliphatic rings. The number of hydrogen-bond donors (Lipinski definition) is 2. The Morgan fingerprint density at radius 1 is 1.48 bits per heavy atom. The normalized spacial score (nSPS) is 17.7. The number of amides is 1. The van der Waals surface area contributed by atoms with E-state index in [1.54, 1.807) is 6.07 Å². The van der Waals surface area contributed by atoms with Gasteiger partial charge in [0.05, 0.1) is 24.9 Å². The van der Waals surface area contributed by atoms with Gasteiger partial charge in [-0.25, -0.2) is 0 Å². The number of nitrogens with one attached hydrogen (secondary N) is 2. The van der Waals surface area contributed by atoms with E-state index in [9.17, 15) is 4.79 Å². The number of aromatic amines is 1. The molecule has 6 heteroatoms. The summed E-state index contributed by atoms with van der Waals surface area (Å²) in [6, 6.07) is 9.48. The number of carbonyl (C=O) groups is 1. The summed E-state index contributed by atoms with van der Waals surface area (Å²) in [5, 5.41) is 10.0. The second-order valence-electron chi connectivity index (χ2n) is 5.48. The third-order valence-electron chi connectivity index (χ3n) is 3.78. The maximum atomic E-state index is 12.3. The van der Waals surface area contributed by atoms with Gasteiger partial charge in [-0.3, -0.25) is 9.89 Å². The molecule has 1 amide bonds. The summed E-state index contributed by atoms with van der Waals surface area (Å²) in [5.74, 6) is 0.599. The molecular weight excluding hydrogens is 294 g/mol. The molecule has 1 saturated heterocycles. The van der Waals surface area contributed by atoms with Crippen LogP contribution in [0, 0.1) is 0 Å². The number of H-pyrrole nitrogens is 1. The number of nitrogens with zero attached hydrogens (tertiary/aromatic N) is 1. The number of carbonyl (C=O) groups excluding carboxylic acids is 1. The maximum Gasteiger partial charge on any atom is 0.269 e. The van der Waals surface area contributed by atoms with Gasteiger partial charge in [0.2, 0.25) is 0 Å². The van der Waals surface area contributed by atoms with Gasteiger partial charge in [0.15, 0.2) is 0 Å². The van der Waals surface area contributed by atoms with Crippen LogP contribution in [-0.2, 0) is 4.74 Å². The molecule has 1 aromatic carbocycles. The third-order valence-corrected chi connectivity index (χ3v) is 3.78. The van der Waals surface area contributed by atoms with E-state index < -0.39 is 0 Å². The molecule has 1 aliphatic heterocycles. The van der Waals surface area contributed by atoms with E-state index in [2.05, 4.69) is 15.5 Å². The summed E-state index contributed by atoms with van der Waals surface area (Å²) in [5.41, 5.74) is 2.00. The fourth-order valence-corrected chi connectivity index (χ4v) is 2.65. The van der Waals surface area contributed by atoms with Crippen molar-refractivity contribution in [2.24, 2.45) is 0 Å². The summed E-state index contributed by atoms with van der Waals surface area (Å²) in [6.45, 7) is 3.86. The highest BCUT2D eigenvalue weighted by Gasteiger charge is 2.19. The number of ether oxygens (including phenoxy) is 2. The van der Waals surface area contributed by atoms with Gasteiger partial charge in [0.25, 0.3) is 5.91 Å². The molecule has 1 atom stereocenters. The lowest BCUT2D eigenvalue weighted by molar-refractivity contribution is 0.0622. The van der Waals surface area contributed by atoms with Gasteiger partial charge < -0.3 is 14.8 Å². The van der Waals surface area contributed by atoms with Gasteiger partial charge in [-0.15, -0.1) is 0 Å². The average molecular weight is 315 g/mol. The highest BCUT2D eigenvalue weighted by molar-refractivity contribution is 5.93. The molecule has 0 saturated carbocycles. The topological polar surface area (TPSA) is 76.2 Å². The lowest BCUT2D eigenvalue weighted by atomic mass is 10.1. The zero-order valence-electron chi connectivity index (χ0n) is 13.2. The molecule has 1 unspecified atom stereocenters. The number of benzene rings is 1. The van der Waals surface area contributed by atoms with Crippen molar-refractivity contribution in [2.75, 3.05) is 19.8 Å². The molecule has 1 fully saturated rings. The van der Waals surface area contributed by atoms with E-state index in [-0.39, 0.29) is 11.9 Å². The molecule has 0 radical (unpaired) electrons. The molecule has 2 N–H and O–H groups in total. The van der Waals surface area contributed by atoms with E-state index >= 15 is 0 Å². The Hall–Kier alpha value is -2.34. The first-order valence-electron chi connectivity index (χ1n) is 7.94. The van der Waals surface area contributed by atoms with Gasteiger partial charge in [-0.1, -0.05) is 12.1 Å². The zero-order valence-corrected chi connectivity index (χ0v) is 13.2. The van der Waals surface area contributed by atoms with E-state index in [1.807, 2.05) is 31.2 Å². The van der Waals surface area contributed by atoms with Crippen molar-refractivity contribution in [3.8, 4) is 17.0 Å². The minimum atomic E-state index is -0.159. The lowest BCUT2D eigenvalue weighted by Gasteiger charge is -2.22. The molecule has 0 aliphatic carbocycles. The quantitative estimate of drug-likeness (QED) is 0.888. The Labute approximate surface area is 135 Å². The summed E-state index contributed by atoms with van der Waals surface area (Å²) >= 11 is 0. The van der Waals surface area contributed by atoms with Crippen LogP contribution in [0.15, 0.2) is 30.3 Å². The van der Waals surface area contributed by atoms with Gasteiger partial charge in [-0.05, 0) is 38.0 Å². The minimum Gasteiger partial charge on any atom is -0.493 e. The molecule has 0 spiro atoms. The van der Waals surface area contributed by atoms with Crippen molar-refractivity contribution in [2.45, 2.75) is 25.8 Å². The highest BCUT2D eigenvalue weighted by atomic mass is 16.5. The SMILES string of the molecule is CCOc1ccccc1-c1cc(C(=O)NC2CCCOC2)[nH]n1. The fraction of sp³-hybridized carbons (Fsp3) is 0.412. The van der Waals surface area contributed by atoms with E-state index in [4.69, 9.17) is 9.47 Å².